The van der Waals surface area contributed by atoms with Gasteiger partial charge >= 0.3 is 5.97 Å². The van der Waals surface area contributed by atoms with E-state index in [1.165, 1.54) is 0 Å². The van der Waals surface area contributed by atoms with Crippen molar-refractivity contribution in [1.29, 1.82) is 0 Å². The Morgan fingerprint density at radius 3 is 2.85 bits per heavy atom. The molecule has 2 atom stereocenters. The first-order chi connectivity index (χ1) is 12.4. The van der Waals surface area contributed by atoms with Gasteiger partial charge in [0.1, 0.15) is 0 Å². The molecule has 0 aliphatic carbocycles. The van der Waals surface area contributed by atoms with Crippen LogP contribution in [-0.4, -0.2) is 71.8 Å². The number of anilines is 1. The molecule has 2 N–H and O–H groups in total. The molecule has 0 aromatic heterocycles. The van der Waals surface area contributed by atoms with Crippen LogP contribution in [0.15, 0.2) is 29.2 Å². The Morgan fingerprint density at radius 2 is 2.15 bits per heavy atom. The third-order valence-corrected chi connectivity index (χ3v) is 5.73. The van der Waals surface area contributed by atoms with Crippen LogP contribution in [0.2, 0.25) is 0 Å². The van der Waals surface area contributed by atoms with Crippen LogP contribution in [0.1, 0.15) is 26.2 Å². The van der Waals surface area contributed by atoms with Crippen molar-refractivity contribution in [2.75, 3.05) is 38.3 Å². The van der Waals surface area contributed by atoms with Crippen molar-refractivity contribution in [3.05, 3.63) is 24.3 Å². The molecular weight excluding hydrogens is 350 g/mol. The fourth-order valence-electron chi connectivity index (χ4n) is 3.38. The number of hydrogen-bond acceptors (Lipinski definition) is 5. The minimum Gasteiger partial charge on any atom is -0.480 e. The topological polar surface area (TPSA) is 72.9 Å². The summed E-state index contributed by atoms with van der Waals surface area (Å²) in [7, 11) is 1.86. The number of carbonyl (C=O) groups excluding carboxylic acids is 1. The van der Waals surface area contributed by atoms with E-state index in [9.17, 15) is 9.59 Å². The molecule has 0 bridgehead atoms. The number of nitrogens with one attached hydrogen (secondary N) is 1. The Kier molecular flexibility index (Phi) is 7.93. The Hall–Kier alpha value is -1.57. The van der Waals surface area contributed by atoms with Crippen LogP contribution in [0.5, 0.6) is 0 Å². The number of likely N-dealkylation sites (tertiary alicyclic amines) is 1. The van der Waals surface area contributed by atoms with Gasteiger partial charge in [0.2, 0.25) is 5.91 Å². The number of aliphatic carboxylic acids is 1. The lowest BCUT2D eigenvalue weighted by atomic mass is 10.1. The van der Waals surface area contributed by atoms with Gasteiger partial charge in [0, 0.05) is 23.2 Å². The maximum Gasteiger partial charge on any atom is 0.317 e. The molecule has 0 radical (unpaired) electrons. The summed E-state index contributed by atoms with van der Waals surface area (Å²) < 4.78 is 0. The molecular formula is C19H29N3O3S. The third-order valence-electron chi connectivity index (χ3n) is 5.00. The second-order valence-electron chi connectivity index (χ2n) is 6.83. The first-order valence-corrected chi connectivity index (χ1v) is 10.2. The quantitative estimate of drug-likeness (QED) is 0.710. The molecule has 0 spiro atoms. The molecule has 6 nitrogen and oxygen atoms in total. The molecule has 1 heterocycles. The average Bonchev–Trinajstić information content (AvgIpc) is 2.86. The van der Waals surface area contributed by atoms with Gasteiger partial charge in [-0.2, -0.15) is 0 Å². The number of hydrogen-bond donors (Lipinski definition) is 2. The van der Waals surface area contributed by atoms with Crippen LogP contribution >= 0.6 is 11.8 Å². The number of rotatable bonds is 7. The average molecular weight is 380 g/mol. The zero-order valence-corrected chi connectivity index (χ0v) is 16.6. The van der Waals surface area contributed by atoms with E-state index in [0.717, 1.165) is 42.9 Å². The summed E-state index contributed by atoms with van der Waals surface area (Å²) in [4.78, 5) is 28.8. The molecule has 26 heavy (non-hydrogen) atoms. The van der Waals surface area contributed by atoms with E-state index in [-0.39, 0.29) is 24.5 Å². The minimum atomic E-state index is -0.797. The predicted molar refractivity (Wildman–Crippen MR) is 106 cm³/mol. The lowest BCUT2D eigenvalue weighted by molar-refractivity contribution is -0.138. The van der Waals surface area contributed by atoms with Crippen molar-refractivity contribution < 1.29 is 14.7 Å². The highest BCUT2D eigenvalue weighted by molar-refractivity contribution is 7.98. The molecule has 2 rings (SSSR count). The largest absolute Gasteiger partial charge is 0.480 e. The SMILES string of the molecule is CSc1cccc(NC(=O)C(C)N2CCCC(N(C)CC(=O)O)CC2)c1. The van der Waals surface area contributed by atoms with E-state index in [2.05, 4.69) is 10.2 Å². The Balaban J connectivity index is 1.91. The third kappa shape index (κ3) is 6.00. The lowest BCUT2D eigenvalue weighted by Crippen LogP contribution is -2.43. The predicted octanol–water partition coefficient (Wildman–Crippen LogP) is 2.61. The summed E-state index contributed by atoms with van der Waals surface area (Å²) in [5.74, 6) is -0.797. The highest BCUT2D eigenvalue weighted by Crippen LogP contribution is 2.21. The minimum absolute atomic E-state index is 0.000550. The molecule has 1 amide bonds. The maximum absolute atomic E-state index is 12.6. The number of benzene rings is 1. The molecule has 1 aromatic carbocycles. The highest BCUT2D eigenvalue weighted by atomic mass is 32.2. The van der Waals surface area contributed by atoms with Crippen LogP contribution in [-0.2, 0) is 9.59 Å². The second kappa shape index (κ2) is 9.94. The van der Waals surface area contributed by atoms with Crippen molar-refractivity contribution in [2.45, 2.75) is 43.2 Å². The van der Waals surface area contributed by atoms with Crippen molar-refractivity contribution in [3.8, 4) is 0 Å². The fourth-order valence-corrected chi connectivity index (χ4v) is 3.84. The summed E-state index contributed by atoms with van der Waals surface area (Å²) in [6.07, 6.45) is 4.82. The molecule has 1 saturated heterocycles. The summed E-state index contributed by atoms with van der Waals surface area (Å²) in [5, 5.41) is 12.0. The van der Waals surface area contributed by atoms with E-state index in [1.807, 2.05) is 49.4 Å². The Morgan fingerprint density at radius 1 is 1.38 bits per heavy atom. The molecule has 1 aliphatic heterocycles. The van der Waals surface area contributed by atoms with Crippen molar-refractivity contribution in [1.82, 2.24) is 9.80 Å². The molecule has 2 unspecified atom stereocenters. The van der Waals surface area contributed by atoms with Crippen LogP contribution in [0, 0.1) is 0 Å². The number of amides is 1. The number of thioether (sulfide) groups is 1. The van der Waals surface area contributed by atoms with E-state index in [4.69, 9.17) is 5.11 Å². The van der Waals surface area contributed by atoms with E-state index in [1.54, 1.807) is 11.8 Å². The first-order valence-electron chi connectivity index (χ1n) is 9.01. The molecule has 1 fully saturated rings. The number of carboxylic acids is 1. The van der Waals surface area contributed by atoms with E-state index >= 15 is 0 Å². The van der Waals surface area contributed by atoms with Gasteiger partial charge in [-0.25, -0.2) is 0 Å². The standard InChI is InChI=1S/C19H29N3O3S/c1-14(19(25)20-15-6-4-8-17(12-15)26-3)22-10-5-7-16(9-11-22)21(2)13-18(23)24/h4,6,8,12,14,16H,5,7,9-11,13H2,1-3H3,(H,20,25)(H,23,24). The number of carboxylic acid groups (broad SMARTS) is 1. The van der Waals surface area contributed by atoms with Gasteiger partial charge in [-0.3, -0.25) is 19.4 Å². The van der Waals surface area contributed by atoms with Crippen LogP contribution in [0.3, 0.4) is 0 Å². The highest BCUT2D eigenvalue weighted by Gasteiger charge is 2.26. The maximum atomic E-state index is 12.6. The molecule has 1 aromatic rings. The normalized spacial score (nSPS) is 19.8. The number of likely N-dealkylation sites (N-methyl/N-ethyl adjacent to an activating group) is 1. The smallest absolute Gasteiger partial charge is 0.317 e. The van der Waals surface area contributed by atoms with Gasteiger partial charge in [-0.05, 0) is 64.2 Å². The van der Waals surface area contributed by atoms with Crippen LogP contribution in [0.4, 0.5) is 5.69 Å². The molecule has 7 heteroatoms. The molecule has 1 aliphatic rings. The zero-order valence-electron chi connectivity index (χ0n) is 15.8. The van der Waals surface area contributed by atoms with Crippen LogP contribution < -0.4 is 5.32 Å². The Bertz CT molecular complexity index is 626. The summed E-state index contributed by atoms with van der Waals surface area (Å²) >= 11 is 1.65. The summed E-state index contributed by atoms with van der Waals surface area (Å²) in [6.45, 7) is 3.66. The van der Waals surface area contributed by atoms with Crippen LogP contribution in [0.25, 0.3) is 0 Å². The zero-order chi connectivity index (χ0) is 19.1. The number of nitrogens with zero attached hydrogens (tertiary/aromatic N) is 2. The van der Waals surface area contributed by atoms with E-state index < -0.39 is 5.97 Å². The van der Waals surface area contributed by atoms with Gasteiger partial charge in [0.05, 0.1) is 12.6 Å². The van der Waals surface area contributed by atoms with E-state index in [0.29, 0.717) is 0 Å². The summed E-state index contributed by atoms with van der Waals surface area (Å²) in [5.41, 5.74) is 0.822. The fraction of sp³-hybridized carbons (Fsp3) is 0.579. The van der Waals surface area contributed by atoms with Gasteiger partial charge in [0.15, 0.2) is 0 Å². The van der Waals surface area contributed by atoms with Gasteiger partial charge < -0.3 is 10.4 Å². The molecule has 0 saturated carbocycles. The second-order valence-corrected chi connectivity index (χ2v) is 7.71. The first kappa shape index (κ1) is 20.7. The monoisotopic (exact) mass is 379 g/mol. The van der Waals surface area contributed by atoms with Crippen molar-refractivity contribution in [2.24, 2.45) is 0 Å². The number of carbonyl (C=O) groups is 2. The summed E-state index contributed by atoms with van der Waals surface area (Å²) in [6, 6.07) is 7.90. The Labute approximate surface area is 159 Å². The molecule has 144 valence electrons. The van der Waals surface area contributed by atoms with Gasteiger partial charge in [-0.15, -0.1) is 11.8 Å². The van der Waals surface area contributed by atoms with Gasteiger partial charge in [0.25, 0.3) is 0 Å². The lowest BCUT2D eigenvalue weighted by Gasteiger charge is -2.28. The van der Waals surface area contributed by atoms with Crippen molar-refractivity contribution in [3.63, 3.8) is 0 Å². The van der Waals surface area contributed by atoms with Crippen molar-refractivity contribution >= 4 is 29.3 Å². The van der Waals surface area contributed by atoms with Gasteiger partial charge in [-0.1, -0.05) is 6.07 Å².